The lowest BCUT2D eigenvalue weighted by Gasteiger charge is -2.55. The van der Waals surface area contributed by atoms with Crippen LogP contribution in [-0.2, 0) is 4.79 Å². The van der Waals surface area contributed by atoms with E-state index in [0.717, 1.165) is 19.3 Å². The Hall–Kier alpha value is -3.30. The van der Waals surface area contributed by atoms with Crippen LogP contribution in [0.2, 0.25) is 0 Å². The molecule has 2 N–H and O–H groups in total. The van der Waals surface area contributed by atoms with Gasteiger partial charge in [0.25, 0.3) is 0 Å². The summed E-state index contributed by atoms with van der Waals surface area (Å²) in [6.45, 7) is 0. The molecule has 0 atom stereocenters. The molecule has 4 aliphatic carbocycles. The van der Waals surface area contributed by atoms with Crippen LogP contribution in [0, 0.1) is 57.2 Å². The van der Waals surface area contributed by atoms with Crippen molar-refractivity contribution in [3.63, 3.8) is 0 Å². The molecule has 28 heavy (non-hydrogen) atoms. The number of nitrogens with zero attached hydrogens (tertiary/aromatic N) is 3. The molecule has 140 valence electrons. The van der Waals surface area contributed by atoms with Gasteiger partial charge in [0, 0.05) is 11.4 Å². The lowest BCUT2D eigenvalue weighted by molar-refractivity contribution is -0.140. The van der Waals surface area contributed by atoms with Crippen molar-refractivity contribution in [2.45, 2.75) is 38.5 Å². The van der Waals surface area contributed by atoms with Gasteiger partial charge in [-0.15, -0.1) is 0 Å². The lowest BCUT2D eigenvalue weighted by atomic mass is 9.49. The summed E-state index contributed by atoms with van der Waals surface area (Å²) in [5.74, 6) is 2.20. The monoisotopic (exact) mass is 371 g/mol. The number of allylic oxidation sites excluding steroid dienone is 2. The van der Waals surface area contributed by atoms with Gasteiger partial charge in [0.15, 0.2) is 5.57 Å². The maximum Gasteiger partial charge on any atom is 0.230 e. The highest BCUT2D eigenvalue weighted by molar-refractivity contribution is 5.96. The summed E-state index contributed by atoms with van der Waals surface area (Å²) in [5, 5.41) is 33.0. The van der Waals surface area contributed by atoms with Gasteiger partial charge in [0.1, 0.15) is 23.9 Å². The summed E-state index contributed by atoms with van der Waals surface area (Å²) < 4.78 is 0. The zero-order valence-corrected chi connectivity index (χ0v) is 15.5. The predicted molar refractivity (Wildman–Crippen MR) is 103 cm³/mol. The SMILES string of the molecule is N#CC(C#N)=C(C#N)Nc1cccc(NC(=O)C23CC4CC(CC(C4)C2)C3)c1. The highest BCUT2D eigenvalue weighted by Gasteiger charge is 2.54. The molecule has 1 aromatic rings. The van der Waals surface area contributed by atoms with Crippen LogP contribution < -0.4 is 10.6 Å². The molecular weight excluding hydrogens is 350 g/mol. The maximum atomic E-state index is 13.2. The van der Waals surface area contributed by atoms with Gasteiger partial charge in [0.2, 0.25) is 5.91 Å². The second-order valence-electron chi connectivity index (χ2n) is 8.44. The summed E-state index contributed by atoms with van der Waals surface area (Å²) in [7, 11) is 0. The third-order valence-corrected chi connectivity index (χ3v) is 6.50. The molecule has 0 aliphatic heterocycles. The summed E-state index contributed by atoms with van der Waals surface area (Å²) in [4.78, 5) is 13.2. The standard InChI is InChI=1S/C22H21N5O/c23-11-17(12-24)20(13-25)26-18-2-1-3-19(7-18)27-21(28)22-8-14-4-15(9-22)6-16(5-14)10-22/h1-3,7,14-16,26H,4-6,8-10H2,(H,27,28). The molecule has 0 saturated heterocycles. The minimum Gasteiger partial charge on any atom is -0.345 e. The Morgan fingerprint density at radius 2 is 1.43 bits per heavy atom. The van der Waals surface area contributed by atoms with Gasteiger partial charge < -0.3 is 10.6 Å². The van der Waals surface area contributed by atoms with Crippen LogP contribution in [-0.4, -0.2) is 5.91 Å². The van der Waals surface area contributed by atoms with E-state index < -0.39 is 0 Å². The first-order valence-electron chi connectivity index (χ1n) is 9.68. The van der Waals surface area contributed by atoms with E-state index >= 15 is 0 Å². The molecule has 6 heteroatoms. The Bertz CT molecular complexity index is 921. The van der Waals surface area contributed by atoms with Gasteiger partial charge in [-0.1, -0.05) is 6.07 Å². The molecule has 0 spiro atoms. The molecule has 4 fully saturated rings. The molecule has 1 amide bonds. The topological polar surface area (TPSA) is 112 Å². The first-order valence-corrected chi connectivity index (χ1v) is 9.68. The number of amides is 1. The van der Waals surface area contributed by atoms with Crippen LogP contribution in [0.3, 0.4) is 0 Å². The molecule has 5 rings (SSSR count). The number of hydrogen-bond donors (Lipinski definition) is 2. The Kier molecular flexibility index (Phi) is 4.54. The van der Waals surface area contributed by atoms with Crippen molar-refractivity contribution in [3.8, 4) is 18.2 Å². The first kappa shape index (κ1) is 18.1. The van der Waals surface area contributed by atoms with E-state index in [2.05, 4.69) is 10.6 Å². The number of nitrogens with one attached hydrogen (secondary N) is 2. The van der Waals surface area contributed by atoms with Gasteiger partial charge in [-0.05, 0) is 74.5 Å². The van der Waals surface area contributed by atoms with Crippen molar-refractivity contribution in [1.82, 2.24) is 0 Å². The molecule has 4 bridgehead atoms. The summed E-state index contributed by atoms with van der Waals surface area (Å²) >= 11 is 0. The third-order valence-electron chi connectivity index (χ3n) is 6.50. The first-order chi connectivity index (χ1) is 13.5. The fourth-order valence-corrected chi connectivity index (χ4v) is 5.75. The van der Waals surface area contributed by atoms with E-state index in [0.29, 0.717) is 29.1 Å². The molecular formula is C22H21N5O. The fraction of sp³-hybridized carbons (Fsp3) is 0.455. The second-order valence-corrected chi connectivity index (χ2v) is 8.44. The fourth-order valence-electron chi connectivity index (χ4n) is 5.75. The van der Waals surface area contributed by atoms with Gasteiger partial charge in [0.05, 0.1) is 5.41 Å². The second kappa shape index (κ2) is 7.02. The number of carbonyl (C=O) groups is 1. The summed E-state index contributed by atoms with van der Waals surface area (Å²) in [5.41, 5.74) is 0.589. The molecule has 0 radical (unpaired) electrons. The number of rotatable bonds is 4. The van der Waals surface area contributed by atoms with E-state index in [1.54, 1.807) is 30.3 Å². The van der Waals surface area contributed by atoms with Crippen molar-refractivity contribution < 1.29 is 4.79 Å². The van der Waals surface area contributed by atoms with Crippen LogP contribution in [0.15, 0.2) is 35.5 Å². The smallest absolute Gasteiger partial charge is 0.230 e. The zero-order chi connectivity index (χ0) is 19.7. The molecule has 0 aromatic heterocycles. The van der Waals surface area contributed by atoms with Gasteiger partial charge in [-0.25, -0.2) is 0 Å². The minimum atomic E-state index is -0.273. The van der Waals surface area contributed by atoms with Gasteiger partial charge >= 0.3 is 0 Å². The van der Waals surface area contributed by atoms with Crippen LogP contribution in [0.1, 0.15) is 38.5 Å². The van der Waals surface area contributed by atoms with E-state index in [4.69, 9.17) is 10.5 Å². The number of hydrogen-bond acceptors (Lipinski definition) is 5. The van der Waals surface area contributed by atoms with Crippen molar-refractivity contribution >= 4 is 17.3 Å². The van der Waals surface area contributed by atoms with Crippen molar-refractivity contribution in [3.05, 3.63) is 35.5 Å². The van der Waals surface area contributed by atoms with Gasteiger partial charge in [-0.3, -0.25) is 4.79 Å². The molecule has 4 aliphatic rings. The average molecular weight is 371 g/mol. The van der Waals surface area contributed by atoms with E-state index in [-0.39, 0.29) is 22.6 Å². The largest absolute Gasteiger partial charge is 0.345 e. The number of nitriles is 3. The molecule has 0 unspecified atom stereocenters. The Balaban J connectivity index is 1.51. The Morgan fingerprint density at radius 3 is 1.93 bits per heavy atom. The quantitative estimate of drug-likeness (QED) is 0.774. The maximum absolute atomic E-state index is 13.2. The number of anilines is 2. The van der Waals surface area contributed by atoms with Crippen LogP contribution in [0.25, 0.3) is 0 Å². The van der Waals surface area contributed by atoms with Crippen LogP contribution in [0.4, 0.5) is 11.4 Å². The van der Waals surface area contributed by atoms with E-state index in [1.807, 2.05) is 12.1 Å². The van der Waals surface area contributed by atoms with Crippen LogP contribution >= 0.6 is 0 Å². The minimum absolute atomic E-state index is 0.102. The van der Waals surface area contributed by atoms with Crippen molar-refractivity contribution in [1.29, 1.82) is 15.8 Å². The molecule has 4 saturated carbocycles. The summed E-state index contributed by atoms with van der Waals surface area (Å²) in [6.07, 6.45) is 6.85. The van der Waals surface area contributed by atoms with Gasteiger partial charge in [-0.2, -0.15) is 15.8 Å². The average Bonchev–Trinajstić information content (AvgIpc) is 2.67. The highest BCUT2D eigenvalue weighted by atomic mass is 16.2. The normalized spacial score (nSPS) is 29.1. The van der Waals surface area contributed by atoms with Crippen molar-refractivity contribution in [2.24, 2.45) is 23.2 Å². The van der Waals surface area contributed by atoms with E-state index in [1.165, 1.54) is 19.3 Å². The molecule has 0 heterocycles. The number of carbonyl (C=O) groups excluding carboxylic acids is 1. The van der Waals surface area contributed by atoms with E-state index in [9.17, 15) is 10.1 Å². The Labute approximate surface area is 164 Å². The van der Waals surface area contributed by atoms with Crippen molar-refractivity contribution in [2.75, 3.05) is 10.6 Å². The highest BCUT2D eigenvalue weighted by Crippen LogP contribution is 2.60. The third kappa shape index (κ3) is 3.21. The Morgan fingerprint density at radius 1 is 0.893 bits per heavy atom. The zero-order valence-electron chi connectivity index (χ0n) is 15.5. The predicted octanol–water partition coefficient (Wildman–Crippen LogP) is 4.08. The molecule has 1 aromatic carbocycles. The van der Waals surface area contributed by atoms with Crippen LogP contribution in [0.5, 0.6) is 0 Å². The number of benzene rings is 1. The lowest BCUT2D eigenvalue weighted by Crippen LogP contribution is -2.51. The molecule has 6 nitrogen and oxygen atoms in total. The summed E-state index contributed by atoms with van der Waals surface area (Å²) in [6, 6.07) is 12.3.